The Morgan fingerprint density at radius 2 is 2.00 bits per heavy atom. The molecule has 0 aromatic rings. The van der Waals surface area contributed by atoms with Gasteiger partial charge in [0, 0.05) is 5.92 Å². The van der Waals surface area contributed by atoms with Crippen LogP contribution in [0.2, 0.25) is 0 Å². The average Bonchev–Trinajstić information content (AvgIpc) is 3.10. The molecule has 0 aliphatic heterocycles. The van der Waals surface area contributed by atoms with Crippen molar-refractivity contribution in [3.05, 3.63) is 70.4 Å². The van der Waals surface area contributed by atoms with Gasteiger partial charge in [-0.1, -0.05) is 48.1 Å². The first-order valence-corrected chi connectivity index (χ1v) is 7.63. The van der Waals surface area contributed by atoms with Crippen LogP contribution in [-0.4, -0.2) is 0 Å². The van der Waals surface area contributed by atoms with Gasteiger partial charge in [0.1, 0.15) is 0 Å². The van der Waals surface area contributed by atoms with E-state index in [0.717, 1.165) is 11.8 Å². The Labute approximate surface area is 114 Å². The second-order valence-electron chi connectivity index (χ2n) is 6.57. The predicted molar refractivity (Wildman–Crippen MR) is 78.5 cm³/mol. The van der Waals surface area contributed by atoms with Gasteiger partial charge in [0.15, 0.2) is 0 Å². The Kier molecular flexibility index (Phi) is 1.89. The molecule has 0 bridgehead atoms. The summed E-state index contributed by atoms with van der Waals surface area (Å²) in [6.45, 7) is 0. The van der Waals surface area contributed by atoms with Crippen LogP contribution in [0.1, 0.15) is 25.7 Å². The van der Waals surface area contributed by atoms with Crippen LogP contribution in [0.15, 0.2) is 70.4 Å². The molecule has 0 saturated heterocycles. The number of hydrogen-bond donors (Lipinski definition) is 0. The summed E-state index contributed by atoms with van der Waals surface area (Å²) in [6, 6.07) is 0. The smallest absolute Gasteiger partial charge is 0.00964 e. The third kappa shape index (κ3) is 1.35. The number of allylic oxidation sites excluding steroid dienone is 12. The topological polar surface area (TPSA) is 0 Å². The lowest BCUT2D eigenvalue weighted by molar-refractivity contribution is 0.408. The molecule has 0 aromatic carbocycles. The largest absolute Gasteiger partial charge is 0.0685 e. The minimum atomic E-state index is 0.656. The molecule has 0 N–H and O–H groups in total. The fourth-order valence-electron chi connectivity index (χ4n) is 4.64. The van der Waals surface area contributed by atoms with E-state index in [1.807, 2.05) is 0 Å². The molecule has 94 valence electrons. The van der Waals surface area contributed by atoms with Gasteiger partial charge in [-0.15, -0.1) is 0 Å². The lowest BCUT2D eigenvalue weighted by Gasteiger charge is -2.30. The minimum absolute atomic E-state index is 0.656. The lowest BCUT2D eigenvalue weighted by Crippen LogP contribution is -2.19. The maximum absolute atomic E-state index is 2.55. The Balaban J connectivity index is 1.60. The van der Waals surface area contributed by atoms with E-state index in [9.17, 15) is 0 Å². The number of hydrogen-bond acceptors (Lipinski definition) is 0. The highest BCUT2D eigenvalue weighted by Crippen LogP contribution is 2.52. The van der Waals surface area contributed by atoms with E-state index in [-0.39, 0.29) is 0 Å². The highest BCUT2D eigenvalue weighted by Gasteiger charge is 2.39. The quantitative estimate of drug-likeness (QED) is 0.583. The Bertz CT molecular complexity index is 646. The summed E-state index contributed by atoms with van der Waals surface area (Å²) in [5.74, 6) is 2.32. The summed E-state index contributed by atoms with van der Waals surface area (Å²) in [5, 5.41) is 0. The first-order valence-electron chi connectivity index (χ1n) is 7.63. The summed E-state index contributed by atoms with van der Waals surface area (Å²) in [5.41, 5.74) is 7.77. The van der Waals surface area contributed by atoms with E-state index in [2.05, 4.69) is 42.5 Å². The van der Waals surface area contributed by atoms with Crippen LogP contribution >= 0.6 is 0 Å². The summed E-state index contributed by atoms with van der Waals surface area (Å²) in [7, 11) is 0. The monoisotopic (exact) mass is 246 g/mol. The second-order valence-corrected chi connectivity index (χ2v) is 6.57. The molecule has 0 heterocycles. The summed E-state index contributed by atoms with van der Waals surface area (Å²) in [4.78, 5) is 0. The van der Waals surface area contributed by atoms with Gasteiger partial charge in [-0.25, -0.2) is 0 Å². The standard InChI is InChI=1S/C19H18/c1-3-12-7-16-9-17-8-13-4-2-6-15(13)11-19(17)18(16)10-14(12)5-1/h1,3,5,7-10,15,18-19H,2,4,6,11H2. The number of fused-ring (bicyclic) bond motifs is 5. The zero-order chi connectivity index (χ0) is 12.4. The molecule has 3 atom stereocenters. The van der Waals surface area contributed by atoms with Crippen molar-refractivity contribution in [1.29, 1.82) is 0 Å². The van der Waals surface area contributed by atoms with E-state index < -0.39 is 0 Å². The minimum Gasteiger partial charge on any atom is -0.0685 e. The molecule has 0 heteroatoms. The SMILES string of the molecule is C1=CC2=CC3C(=CC2=C1)C=C1C=C2CCCC2CC13. The average molecular weight is 246 g/mol. The molecule has 5 aliphatic carbocycles. The van der Waals surface area contributed by atoms with Crippen molar-refractivity contribution in [2.75, 3.05) is 0 Å². The Morgan fingerprint density at radius 1 is 1.00 bits per heavy atom. The fraction of sp³-hybridized carbons (Fsp3) is 0.368. The van der Waals surface area contributed by atoms with Gasteiger partial charge < -0.3 is 0 Å². The lowest BCUT2D eigenvalue weighted by atomic mass is 9.74. The maximum Gasteiger partial charge on any atom is 0.00964 e. The molecule has 3 unspecified atom stereocenters. The first-order chi connectivity index (χ1) is 9.38. The highest BCUT2D eigenvalue weighted by atomic mass is 14.4. The molecular formula is C19H18. The molecule has 1 fully saturated rings. The van der Waals surface area contributed by atoms with Gasteiger partial charge in [-0.2, -0.15) is 0 Å². The predicted octanol–water partition coefficient (Wildman–Crippen LogP) is 4.65. The van der Waals surface area contributed by atoms with E-state index in [0.29, 0.717) is 5.92 Å². The fourth-order valence-corrected chi connectivity index (χ4v) is 4.64. The first kappa shape index (κ1) is 10.3. The van der Waals surface area contributed by atoms with Crippen molar-refractivity contribution in [3.63, 3.8) is 0 Å². The molecule has 0 aromatic heterocycles. The van der Waals surface area contributed by atoms with Crippen molar-refractivity contribution < 1.29 is 0 Å². The molecule has 19 heavy (non-hydrogen) atoms. The molecule has 5 rings (SSSR count). The van der Waals surface area contributed by atoms with Crippen LogP contribution < -0.4 is 0 Å². The van der Waals surface area contributed by atoms with Crippen LogP contribution in [0.25, 0.3) is 0 Å². The van der Waals surface area contributed by atoms with Crippen molar-refractivity contribution in [2.45, 2.75) is 25.7 Å². The van der Waals surface area contributed by atoms with Gasteiger partial charge in [-0.3, -0.25) is 0 Å². The summed E-state index contributed by atoms with van der Waals surface area (Å²) >= 11 is 0. The van der Waals surface area contributed by atoms with Gasteiger partial charge >= 0.3 is 0 Å². The zero-order valence-electron chi connectivity index (χ0n) is 11.1. The normalized spacial score (nSPS) is 37.5. The maximum atomic E-state index is 2.55. The van der Waals surface area contributed by atoms with E-state index in [4.69, 9.17) is 0 Å². The number of rotatable bonds is 0. The van der Waals surface area contributed by atoms with E-state index in [1.165, 1.54) is 36.8 Å². The molecule has 1 saturated carbocycles. The molecule has 0 spiro atoms. The van der Waals surface area contributed by atoms with Crippen molar-refractivity contribution in [3.8, 4) is 0 Å². The highest BCUT2D eigenvalue weighted by molar-refractivity contribution is 5.62. The van der Waals surface area contributed by atoms with Crippen LogP contribution in [0.5, 0.6) is 0 Å². The van der Waals surface area contributed by atoms with E-state index >= 15 is 0 Å². The van der Waals surface area contributed by atoms with Crippen LogP contribution in [0.4, 0.5) is 0 Å². The van der Waals surface area contributed by atoms with Gasteiger partial charge in [0.05, 0.1) is 0 Å². The Morgan fingerprint density at radius 3 is 3.00 bits per heavy atom. The van der Waals surface area contributed by atoms with Crippen LogP contribution in [0, 0.1) is 17.8 Å². The third-order valence-corrected chi connectivity index (χ3v) is 5.58. The van der Waals surface area contributed by atoms with Crippen molar-refractivity contribution >= 4 is 0 Å². The summed E-state index contributed by atoms with van der Waals surface area (Å²) < 4.78 is 0. The Hall–Kier alpha value is -1.56. The van der Waals surface area contributed by atoms with Crippen molar-refractivity contribution in [1.82, 2.24) is 0 Å². The van der Waals surface area contributed by atoms with Crippen molar-refractivity contribution in [2.24, 2.45) is 17.8 Å². The molecule has 5 aliphatic rings. The van der Waals surface area contributed by atoms with Crippen LogP contribution in [0.3, 0.4) is 0 Å². The van der Waals surface area contributed by atoms with Gasteiger partial charge in [0.2, 0.25) is 0 Å². The zero-order valence-corrected chi connectivity index (χ0v) is 11.1. The van der Waals surface area contributed by atoms with E-state index in [1.54, 1.807) is 16.7 Å². The van der Waals surface area contributed by atoms with Gasteiger partial charge in [-0.05, 0) is 59.8 Å². The second kappa shape index (κ2) is 3.50. The third-order valence-electron chi connectivity index (χ3n) is 5.58. The summed E-state index contributed by atoms with van der Waals surface area (Å²) in [6.07, 6.45) is 22.2. The molecule has 0 radical (unpaired) electrons. The molecule has 0 amide bonds. The van der Waals surface area contributed by atoms with Gasteiger partial charge in [0.25, 0.3) is 0 Å². The molecular weight excluding hydrogens is 228 g/mol. The molecule has 0 nitrogen and oxygen atoms in total. The van der Waals surface area contributed by atoms with Crippen LogP contribution in [-0.2, 0) is 0 Å².